The number of pyridine rings is 1. The maximum atomic E-state index is 11.6. The van der Waals surface area contributed by atoms with E-state index in [2.05, 4.69) is 0 Å². The zero-order valence-corrected chi connectivity index (χ0v) is 10.3. The predicted octanol–water partition coefficient (Wildman–Crippen LogP) is 1.68. The van der Waals surface area contributed by atoms with Gasteiger partial charge in [-0.15, -0.1) is 0 Å². The van der Waals surface area contributed by atoms with Crippen molar-refractivity contribution in [1.29, 1.82) is 0 Å². The van der Waals surface area contributed by atoms with Gasteiger partial charge in [-0.2, -0.15) is 4.79 Å². The molecule has 1 aromatic heterocycles. The first-order chi connectivity index (χ1) is 7.50. The Morgan fingerprint density at radius 2 is 1.94 bits per heavy atom. The Hall–Kier alpha value is -1.58. The van der Waals surface area contributed by atoms with Crippen LogP contribution in [0.4, 0.5) is 10.5 Å². The summed E-state index contributed by atoms with van der Waals surface area (Å²) in [7, 11) is 3.91. The van der Waals surface area contributed by atoms with E-state index in [1.165, 1.54) is 4.57 Å². The van der Waals surface area contributed by atoms with Crippen molar-refractivity contribution in [2.75, 3.05) is 25.6 Å². The summed E-state index contributed by atoms with van der Waals surface area (Å²) < 4.78 is 6.54. The van der Waals surface area contributed by atoms with Crippen LogP contribution in [0, 0.1) is 5.92 Å². The van der Waals surface area contributed by atoms with Crippen molar-refractivity contribution in [3.05, 3.63) is 24.5 Å². The number of rotatable bonds is 3. The maximum absolute atomic E-state index is 11.6. The molecule has 0 saturated heterocycles. The van der Waals surface area contributed by atoms with Crippen LogP contribution >= 0.6 is 0 Å². The van der Waals surface area contributed by atoms with Crippen molar-refractivity contribution < 1.29 is 14.1 Å². The topological polar surface area (TPSA) is 33.4 Å². The van der Waals surface area contributed by atoms with Gasteiger partial charge in [-0.1, -0.05) is 18.4 Å². The van der Waals surface area contributed by atoms with Crippen molar-refractivity contribution in [3.63, 3.8) is 0 Å². The van der Waals surface area contributed by atoms with Gasteiger partial charge in [-0.05, 0) is 5.92 Å². The third-order valence-electron chi connectivity index (χ3n) is 2.08. The monoisotopic (exact) mass is 223 g/mol. The Morgan fingerprint density at radius 1 is 1.38 bits per heavy atom. The smallest absolute Gasteiger partial charge is 0.411 e. The number of ether oxygens (including phenoxy) is 1. The van der Waals surface area contributed by atoms with Crippen LogP contribution in [-0.4, -0.2) is 26.8 Å². The highest BCUT2D eigenvalue weighted by molar-refractivity contribution is 5.57. The van der Waals surface area contributed by atoms with Crippen LogP contribution in [0.3, 0.4) is 0 Å². The van der Waals surface area contributed by atoms with Gasteiger partial charge in [0.25, 0.3) is 0 Å². The molecule has 0 atom stereocenters. The van der Waals surface area contributed by atoms with Gasteiger partial charge in [0, 0.05) is 31.9 Å². The number of hydrogen-bond acceptors (Lipinski definition) is 3. The van der Waals surface area contributed by atoms with Gasteiger partial charge in [0.15, 0.2) is 12.4 Å². The molecule has 4 heteroatoms. The molecule has 1 heterocycles. The molecule has 0 aromatic carbocycles. The van der Waals surface area contributed by atoms with Crippen LogP contribution in [-0.2, 0) is 4.74 Å². The minimum atomic E-state index is -0.334. The van der Waals surface area contributed by atoms with Crippen LogP contribution in [0.5, 0.6) is 0 Å². The lowest BCUT2D eigenvalue weighted by atomic mass is 10.2. The fraction of sp³-hybridized carbons (Fsp3) is 0.500. The van der Waals surface area contributed by atoms with E-state index in [4.69, 9.17) is 4.74 Å². The van der Waals surface area contributed by atoms with E-state index in [1.54, 1.807) is 12.4 Å². The van der Waals surface area contributed by atoms with Crippen molar-refractivity contribution in [2.24, 2.45) is 5.92 Å². The third-order valence-corrected chi connectivity index (χ3v) is 2.08. The molecule has 88 valence electrons. The molecular weight excluding hydrogens is 204 g/mol. The molecule has 1 aromatic rings. The van der Waals surface area contributed by atoms with Crippen LogP contribution in [0.1, 0.15) is 13.8 Å². The minimum Gasteiger partial charge on any atom is -0.411 e. The summed E-state index contributed by atoms with van der Waals surface area (Å²) in [4.78, 5) is 13.5. The summed E-state index contributed by atoms with van der Waals surface area (Å²) in [5.41, 5.74) is 1.05. The fourth-order valence-electron chi connectivity index (χ4n) is 1.15. The van der Waals surface area contributed by atoms with Gasteiger partial charge in [0.1, 0.15) is 6.61 Å². The highest BCUT2D eigenvalue weighted by Crippen LogP contribution is 2.05. The zero-order valence-electron chi connectivity index (χ0n) is 10.3. The van der Waals surface area contributed by atoms with Gasteiger partial charge in [-0.3, -0.25) is 0 Å². The second-order valence-electron chi connectivity index (χ2n) is 4.33. The van der Waals surface area contributed by atoms with Gasteiger partial charge < -0.3 is 9.64 Å². The second-order valence-corrected chi connectivity index (χ2v) is 4.33. The molecule has 0 aliphatic carbocycles. The van der Waals surface area contributed by atoms with Crippen LogP contribution in [0.2, 0.25) is 0 Å². The molecule has 0 radical (unpaired) electrons. The molecule has 1 rings (SSSR count). The molecule has 0 saturated carbocycles. The van der Waals surface area contributed by atoms with E-state index in [9.17, 15) is 4.79 Å². The summed E-state index contributed by atoms with van der Waals surface area (Å²) in [5.74, 6) is 0.352. The summed E-state index contributed by atoms with van der Waals surface area (Å²) in [6, 6.07) is 3.74. The molecule has 0 bridgehead atoms. The molecule has 0 unspecified atom stereocenters. The van der Waals surface area contributed by atoms with E-state index >= 15 is 0 Å². The van der Waals surface area contributed by atoms with Crippen molar-refractivity contribution >= 4 is 11.8 Å². The molecule has 0 fully saturated rings. The highest BCUT2D eigenvalue weighted by Gasteiger charge is 2.16. The van der Waals surface area contributed by atoms with E-state index in [0.29, 0.717) is 12.5 Å². The first kappa shape index (κ1) is 12.5. The maximum Gasteiger partial charge on any atom is 0.601 e. The Balaban J connectivity index is 2.63. The van der Waals surface area contributed by atoms with Crippen LogP contribution < -0.4 is 9.47 Å². The lowest BCUT2D eigenvalue weighted by Crippen LogP contribution is -2.43. The summed E-state index contributed by atoms with van der Waals surface area (Å²) >= 11 is 0. The van der Waals surface area contributed by atoms with Gasteiger partial charge in [-0.25, -0.2) is 0 Å². The minimum absolute atomic E-state index is 0.334. The molecule has 0 N–H and O–H groups in total. The molecule has 0 spiro atoms. The quantitative estimate of drug-likeness (QED) is 0.731. The normalized spacial score (nSPS) is 10.3. The Morgan fingerprint density at radius 3 is 2.38 bits per heavy atom. The molecule has 0 aliphatic heterocycles. The average molecular weight is 223 g/mol. The number of nitrogens with zero attached hydrogens (tertiary/aromatic N) is 2. The largest absolute Gasteiger partial charge is 0.601 e. The lowest BCUT2D eigenvalue weighted by molar-refractivity contribution is -0.586. The van der Waals surface area contributed by atoms with Crippen molar-refractivity contribution in [3.8, 4) is 0 Å². The lowest BCUT2D eigenvalue weighted by Gasteiger charge is -2.10. The van der Waals surface area contributed by atoms with Gasteiger partial charge in [0.05, 0.1) is 0 Å². The van der Waals surface area contributed by atoms with Gasteiger partial charge in [0.2, 0.25) is 0 Å². The zero-order chi connectivity index (χ0) is 12.1. The Bertz CT molecular complexity index is 345. The number of anilines is 1. The first-order valence-corrected chi connectivity index (χ1v) is 5.36. The van der Waals surface area contributed by atoms with E-state index in [1.807, 2.05) is 45.0 Å². The number of carbonyl (C=O) groups excluding carboxylic acids is 1. The molecule has 16 heavy (non-hydrogen) atoms. The van der Waals surface area contributed by atoms with E-state index in [0.717, 1.165) is 5.69 Å². The van der Waals surface area contributed by atoms with Crippen LogP contribution in [0.15, 0.2) is 24.5 Å². The standard InChI is InChI=1S/C12H19N2O2/c1-10(2)9-16-12(15)14-7-5-11(6-8-14)13(3)4/h5-8,10H,9H2,1-4H3/q+1. The molecular formula is C12H19N2O2+. The fourth-order valence-corrected chi connectivity index (χ4v) is 1.15. The molecule has 0 amide bonds. The highest BCUT2D eigenvalue weighted by atomic mass is 16.5. The summed E-state index contributed by atoms with van der Waals surface area (Å²) in [5, 5.41) is 0. The summed E-state index contributed by atoms with van der Waals surface area (Å²) in [6.45, 7) is 4.46. The molecule has 0 aliphatic rings. The third kappa shape index (κ3) is 3.53. The van der Waals surface area contributed by atoms with Crippen molar-refractivity contribution in [2.45, 2.75) is 13.8 Å². The van der Waals surface area contributed by atoms with E-state index < -0.39 is 0 Å². The number of hydrogen-bond donors (Lipinski definition) is 0. The number of aromatic nitrogens is 1. The SMILES string of the molecule is CC(C)COC(=O)[n+]1ccc(N(C)C)cc1. The first-order valence-electron chi connectivity index (χ1n) is 5.36. The number of carbonyl (C=O) groups is 1. The van der Waals surface area contributed by atoms with Gasteiger partial charge >= 0.3 is 6.09 Å². The Labute approximate surface area is 96.5 Å². The Kier molecular flexibility index (Phi) is 4.28. The predicted molar refractivity (Wildman–Crippen MR) is 62.5 cm³/mol. The molecule has 4 nitrogen and oxygen atoms in total. The average Bonchev–Trinajstić information content (AvgIpc) is 2.26. The second kappa shape index (κ2) is 5.49. The van der Waals surface area contributed by atoms with Crippen LogP contribution in [0.25, 0.3) is 0 Å². The van der Waals surface area contributed by atoms with E-state index in [-0.39, 0.29) is 6.09 Å². The summed E-state index contributed by atoms with van der Waals surface area (Å²) in [6.07, 6.45) is 3.08. The van der Waals surface area contributed by atoms with Crippen molar-refractivity contribution in [1.82, 2.24) is 0 Å².